The number of carbonyl (C=O) groups excluding carboxylic acids is 1. The zero-order valence-electron chi connectivity index (χ0n) is 15.6. The fraction of sp³-hybridized carbons (Fsp3) is 0.632. The van der Waals surface area contributed by atoms with E-state index in [1.165, 1.54) is 23.3 Å². The lowest BCUT2D eigenvalue weighted by molar-refractivity contribution is -0.130. The summed E-state index contributed by atoms with van der Waals surface area (Å²) in [6.45, 7) is 4.30. The van der Waals surface area contributed by atoms with Crippen LogP contribution < -0.4 is 5.73 Å². The summed E-state index contributed by atoms with van der Waals surface area (Å²) in [6.07, 6.45) is 6.78. The van der Waals surface area contributed by atoms with Gasteiger partial charge in [0.05, 0.1) is 11.9 Å². The van der Waals surface area contributed by atoms with Crippen molar-refractivity contribution in [1.82, 2.24) is 19.8 Å². The lowest BCUT2D eigenvalue weighted by Crippen LogP contribution is -2.44. The van der Waals surface area contributed by atoms with Crippen LogP contribution >= 0.6 is 11.3 Å². The lowest BCUT2D eigenvalue weighted by Gasteiger charge is -2.36. The molecule has 2 aliphatic rings. The van der Waals surface area contributed by atoms with Crippen molar-refractivity contribution in [2.45, 2.75) is 58.0 Å². The second-order valence-corrected chi connectivity index (χ2v) is 8.64. The van der Waals surface area contributed by atoms with Gasteiger partial charge in [-0.25, -0.2) is 9.97 Å². The smallest absolute Gasteiger partial charge is 0.219 e. The molecule has 0 radical (unpaired) electrons. The number of anilines is 1. The van der Waals surface area contributed by atoms with Crippen molar-refractivity contribution in [3.63, 3.8) is 0 Å². The maximum Gasteiger partial charge on any atom is 0.219 e. The van der Waals surface area contributed by atoms with Crippen LogP contribution in [0.15, 0.2) is 0 Å². The molecule has 0 atom stereocenters. The van der Waals surface area contributed by atoms with Crippen LogP contribution in [-0.4, -0.2) is 51.9 Å². The van der Waals surface area contributed by atoms with Gasteiger partial charge in [0.1, 0.15) is 16.5 Å². The van der Waals surface area contributed by atoms with E-state index in [0.29, 0.717) is 11.9 Å². The van der Waals surface area contributed by atoms with Gasteiger partial charge in [0.2, 0.25) is 5.91 Å². The topological polar surface area (TPSA) is 75.4 Å². The first kappa shape index (κ1) is 17.7. The Balaban J connectivity index is 1.48. The first-order valence-corrected chi connectivity index (χ1v) is 10.4. The highest BCUT2D eigenvalue weighted by molar-refractivity contribution is 7.19. The Morgan fingerprint density at radius 2 is 2.00 bits per heavy atom. The number of aryl methyl sites for hydroxylation is 2. The predicted molar refractivity (Wildman–Crippen MR) is 105 cm³/mol. The molecule has 0 aromatic carbocycles. The monoisotopic (exact) mass is 373 g/mol. The molecule has 1 saturated heterocycles. The van der Waals surface area contributed by atoms with Crippen molar-refractivity contribution in [1.29, 1.82) is 0 Å². The van der Waals surface area contributed by atoms with Crippen molar-refractivity contribution < 1.29 is 4.79 Å². The quantitative estimate of drug-likeness (QED) is 0.895. The Bertz CT molecular complexity index is 825. The molecule has 1 amide bonds. The number of nitrogen functional groups attached to an aromatic ring is 1. The molecule has 1 fully saturated rings. The highest BCUT2D eigenvalue weighted by Gasteiger charge is 2.25. The van der Waals surface area contributed by atoms with Crippen molar-refractivity contribution in [2.24, 2.45) is 0 Å². The summed E-state index contributed by atoms with van der Waals surface area (Å²) in [6, 6.07) is 0.348. The summed E-state index contributed by atoms with van der Waals surface area (Å²) < 4.78 is 0. The van der Waals surface area contributed by atoms with Gasteiger partial charge >= 0.3 is 0 Å². The molecule has 2 aromatic rings. The molecule has 2 N–H and O–H groups in total. The highest BCUT2D eigenvalue weighted by atomic mass is 32.1. The number of aromatic nitrogens is 2. The zero-order valence-corrected chi connectivity index (χ0v) is 16.4. The van der Waals surface area contributed by atoms with Gasteiger partial charge in [-0.2, -0.15) is 0 Å². The maximum atomic E-state index is 11.5. The molecule has 140 valence electrons. The van der Waals surface area contributed by atoms with Crippen LogP contribution in [0.25, 0.3) is 10.2 Å². The van der Waals surface area contributed by atoms with Gasteiger partial charge in [-0.1, -0.05) is 0 Å². The molecule has 4 rings (SSSR count). The van der Waals surface area contributed by atoms with Crippen LogP contribution in [0, 0.1) is 0 Å². The molecule has 0 unspecified atom stereocenters. The minimum Gasteiger partial charge on any atom is -0.383 e. The first-order valence-electron chi connectivity index (χ1n) is 9.55. The number of carbonyl (C=O) groups is 1. The molecular weight excluding hydrogens is 346 g/mol. The Kier molecular flexibility index (Phi) is 4.84. The molecule has 26 heavy (non-hydrogen) atoms. The fourth-order valence-corrected chi connectivity index (χ4v) is 5.51. The zero-order chi connectivity index (χ0) is 18.3. The summed E-state index contributed by atoms with van der Waals surface area (Å²) in [5, 5.41) is 1.11. The van der Waals surface area contributed by atoms with Crippen LogP contribution in [0.2, 0.25) is 0 Å². The Morgan fingerprint density at radius 3 is 2.73 bits per heavy atom. The number of hydrogen-bond acceptors (Lipinski definition) is 6. The van der Waals surface area contributed by atoms with Gasteiger partial charge < -0.3 is 10.6 Å². The standard InChI is InChI=1S/C19H27N5OS/c1-12(25)23(2)13-7-9-24(10-8-13)11-16-21-18(20)17-14-5-3-4-6-15(14)26-19(17)22-16/h13H,3-11H2,1-2H3,(H2,20,21,22). The molecule has 1 aliphatic carbocycles. The first-order chi connectivity index (χ1) is 12.5. The molecule has 0 bridgehead atoms. The van der Waals surface area contributed by atoms with Gasteiger partial charge in [-0.15, -0.1) is 11.3 Å². The second kappa shape index (κ2) is 7.12. The van der Waals surface area contributed by atoms with E-state index in [1.807, 2.05) is 11.9 Å². The number of amides is 1. The van der Waals surface area contributed by atoms with E-state index in [1.54, 1.807) is 18.3 Å². The van der Waals surface area contributed by atoms with E-state index in [9.17, 15) is 4.79 Å². The van der Waals surface area contributed by atoms with Gasteiger partial charge in [-0.05, 0) is 44.1 Å². The average Bonchev–Trinajstić information content (AvgIpc) is 3.00. The summed E-state index contributed by atoms with van der Waals surface area (Å²) >= 11 is 1.80. The minimum atomic E-state index is 0.145. The molecule has 1 aliphatic heterocycles. The van der Waals surface area contributed by atoms with Crippen LogP contribution in [-0.2, 0) is 24.2 Å². The van der Waals surface area contributed by atoms with Crippen LogP contribution in [0.4, 0.5) is 5.82 Å². The van der Waals surface area contributed by atoms with Gasteiger partial charge in [0, 0.05) is 38.0 Å². The van der Waals surface area contributed by atoms with Crippen molar-refractivity contribution in [3.8, 4) is 0 Å². The summed E-state index contributed by atoms with van der Waals surface area (Å²) in [4.78, 5) is 27.8. The molecule has 2 aromatic heterocycles. The third-order valence-electron chi connectivity index (χ3n) is 5.86. The lowest BCUT2D eigenvalue weighted by atomic mass is 9.97. The number of fused-ring (bicyclic) bond motifs is 3. The van der Waals surface area contributed by atoms with E-state index in [-0.39, 0.29) is 5.91 Å². The van der Waals surface area contributed by atoms with E-state index in [2.05, 4.69) is 9.88 Å². The summed E-state index contributed by atoms with van der Waals surface area (Å²) in [5.74, 6) is 1.62. The van der Waals surface area contributed by atoms with Gasteiger partial charge in [0.25, 0.3) is 0 Å². The predicted octanol–water partition coefficient (Wildman–Crippen LogP) is 2.60. The van der Waals surface area contributed by atoms with Crippen LogP contribution in [0.3, 0.4) is 0 Å². The van der Waals surface area contributed by atoms with E-state index in [4.69, 9.17) is 10.7 Å². The normalized spacial score (nSPS) is 18.8. The van der Waals surface area contributed by atoms with Gasteiger partial charge in [-0.3, -0.25) is 9.69 Å². The molecule has 3 heterocycles. The van der Waals surface area contributed by atoms with Crippen LogP contribution in [0.1, 0.15) is 48.9 Å². The van der Waals surface area contributed by atoms with Crippen molar-refractivity contribution >= 4 is 33.3 Å². The summed E-state index contributed by atoms with van der Waals surface area (Å²) in [7, 11) is 1.90. The van der Waals surface area contributed by atoms with E-state index >= 15 is 0 Å². The Labute approximate surface area is 158 Å². The third-order valence-corrected chi connectivity index (χ3v) is 7.04. The number of nitrogens with two attached hydrogens (primary N) is 1. The van der Waals surface area contributed by atoms with E-state index in [0.717, 1.165) is 61.4 Å². The number of likely N-dealkylation sites (tertiary alicyclic amines) is 1. The fourth-order valence-electron chi connectivity index (χ4n) is 4.22. The third kappa shape index (κ3) is 3.30. The molecular formula is C19H27N5OS. The average molecular weight is 374 g/mol. The van der Waals surface area contributed by atoms with Crippen LogP contribution in [0.5, 0.6) is 0 Å². The van der Waals surface area contributed by atoms with Crippen molar-refractivity contribution in [3.05, 3.63) is 16.3 Å². The van der Waals surface area contributed by atoms with E-state index < -0.39 is 0 Å². The Hall–Kier alpha value is -1.73. The number of nitrogens with zero attached hydrogens (tertiary/aromatic N) is 4. The SMILES string of the molecule is CC(=O)N(C)C1CCN(Cc2nc(N)c3c4c(sc3n2)CCCC4)CC1. The van der Waals surface area contributed by atoms with Crippen molar-refractivity contribution in [2.75, 3.05) is 25.9 Å². The number of hydrogen-bond donors (Lipinski definition) is 1. The second-order valence-electron chi connectivity index (χ2n) is 7.55. The van der Waals surface area contributed by atoms with Gasteiger partial charge in [0.15, 0.2) is 0 Å². The minimum absolute atomic E-state index is 0.145. The summed E-state index contributed by atoms with van der Waals surface area (Å²) in [5.41, 5.74) is 7.72. The number of thiophene rings is 1. The highest BCUT2D eigenvalue weighted by Crippen LogP contribution is 2.37. The largest absolute Gasteiger partial charge is 0.383 e. The molecule has 6 nitrogen and oxygen atoms in total. The number of piperidine rings is 1. The molecule has 0 spiro atoms. The maximum absolute atomic E-state index is 11.5. The molecule has 7 heteroatoms. The Morgan fingerprint density at radius 1 is 1.27 bits per heavy atom. The number of rotatable bonds is 3. The molecule has 0 saturated carbocycles.